The second kappa shape index (κ2) is 5.37. The summed E-state index contributed by atoms with van der Waals surface area (Å²) in [4.78, 5) is 32.8. The molecule has 0 saturated heterocycles. The van der Waals surface area contributed by atoms with Gasteiger partial charge < -0.3 is 4.90 Å². The molecule has 1 aliphatic carbocycles. The summed E-state index contributed by atoms with van der Waals surface area (Å²) in [6, 6.07) is 11.6. The van der Waals surface area contributed by atoms with Gasteiger partial charge in [0.05, 0.1) is 11.1 Å². The molecule has 0 saturated carbocycles. The van der Waals surface area contributed by atoms with E-state index >= 15 is 0 Å². The zero-order chi connectivity index (χ0) is 18.7. The van der Waals surface area contributed by atoms with Crippen LogP contribution in [-0.4, -0.2) is 23.7 Å². The number of anilines is 1. The number of amides is 1. The Morgan fingerprint density at radius 1 is 1.04 bits per heavy atom. The Morgan fingerprint density at radius 2 is 1.77 bits per heavy atom. The number of allylic oxidation sites excluding steroid dienone is 1. The highest BCUT2D eigenvalue weighted by molar-refractivity contribution is 6.35. The van der Waals surface area contributed by atoms with Crippen molar-refractivity contribution in [2.75, 3.05) is 11.9 Å². The summed E-state index contributed by atoms with van der Waals surface area (Å²) in [6.45, 7) is 5.84. The minimum Gasteiger partial charge on any atom is -0.314 e. The molecule has 0 N–H and O–H groups in total. The number of ketones is 1. The molecule has 26 heavy (non-hydrogen) atoms. The molecule has 132 valence electrons. The molecule has 1 amide bonds. The fraction of sp³-hybridized carbons (Fsp3) is 0.318. The lowest BCUT2D eigenvalue weighted by Crippen LogP contribution is -2.51. The van der Waals surface area contributed by atoms with Gasteiger partial charge in [-0.05, 0) is 31.1 Å². The van der Waals surface area contributed by atoms with E-state index in [0.29, 0.717) is 12.0 Å². The van der Waals surface area contributed by atoms with Crippen molar-refractivity contribution < 1.29 is 9.59 Å². The minimum absolute atomic E-state index is 0.0353. The molecule has 1 atom stereocenters. The van der Waals surface area contributed by atoms with Gasteiger partial charge in [-0.3, -0.25) is 14.6 Å². The van der Waals surface area contributed by atoms with E-state index < -0.39 is 10.8 Å². The quantitative estimate of drug-likeness (QED) is 0.785. The van der Waals surface area contributed by atoms with Crippen molar-refractivity contribution in [1.29, 1.82) is 0 Å². The number of Topliss-reactive ketones (excluding diaryl/α,β-unsaturated/α-hetero) is 1. The van der Waals surface area contributed by atoms with Crippen molar-refractivity contribution >= 4 is 28.5 Å². The lowest BCUT2D eigenvalue weighted by atomic mass is 9.57. The number of aromatic nitrogens is 1. The fourth-order valence-electron chi connectivity index (χ4n) is 4.64. The van der Waals surface area contributed by atoms with Gasteiger partial charge >= 0.3 is 0 Å². The van der Waals surface area contributed by atoms with Crippen LogP contribution in [0.4, 0.5) is 5.69 Å². The Hall–Kier alpha value is -2.75. The molecule has 0 bridgehead atoms. The van der Waals surface area contributed by atoms with Crippen LogP contribution in [0.3, 0.4) is 0 Å². The first-order chi connectivity index (χ1) is 12.3. The fourth-order valence-corrected chi connectivity index (χ4v) is 4.64. The lowest BCUT2D eigenvalue weighted by molar-refractivity contribution is -0.129. The third-order valence-electron chi connectivity index (χ3n) is 5.70. The van der Waals surface area contributed by atoms with Gasteiger partial charge in [-0.25, -0.2) is 0 Å². The van der Waals surface area contributed by atoms with E-state index in [0.717, 1.165) is 22.4 Å². The van der Waals surface area contributed by atoms with Crippen LogP contribution in [0, 0.1) is 10.8 Å². The van der Waals surface area contributed by atoms with Gasteiger partial charge in [-0.15, -0.1) is 0 Å². The molecule has 1 unspecified atom stereocenters. The Labute approximate surface area is 153 Å². The molecule has 1 aromatic heterocycles. The zero-order valence-corrected chi connectivity index (χ0v) is 15.5. The first-order valence-electron chi connectivity index (χ1n) is 8.85. The molecule has 2 heterocycles. The molecular weight excluding hydrogens is 324 g/mol. The number of rotatable bonds is 1. The van der Waals surface area contributed by atoms with E-state index in [9.17, 15) is 9.59 Å². The van der Waals surface area contributed by atoms with Crippen molar-refractivity contribution in [3.05, 3.63) is 59.9 Å². The number of carbonyl (C=O) groups excluding carboxylic acids is 2. The van der Waals surface area contributed by atoms with Crippen molar-refractivity contribution in [2.45, 2.75) is 27.2 Å². The van der Waals surface area contributed by atoms with E-state index in [1.165, 1.54) is 0 Å². The lowest BCUT2D eigenvalue weighted by Gasteiger charge is -2.48. The average Bonchev–Trinajstić information content (AvgIpc) is 2.63. The number of pyridine rings is 1. The van der Waals surface area contributed by atoms with Crippen molar-refractivity contribution in [3.63, 3.8) is 0 Å². The third-order valence-corrected chi connectivity index (χ3v) is 5.70. The van der Waals surface area contributed by atoms with Crippen LogP contribution in [-0.2, 0) is 9.59 Å². The van der Waals surface area contributed by atoms with Gasteiger partial charge in [0.2, 0.25) is 5.91 Å². The predicted octanol–water partition coefficient (Wildman–Crippen LogP) is 3.97. The van der Waals surface area contributed by atoms with Gasteiger partial charge in [0, 0.05) is 41.6 Å². The Balaban J connectivity index is 2.16. The van der Waals surface area contributed by atoms with Crippen LogP contribution in [0.5, 0.6) is 0 Å². The first kappa shape index (κ1) is 16.7. The second-order valence-electron chi connectivity index (χ2n) is 8.09. The molecule has 0 spiro atoms. The highest BCUT2D eigenvalue weighted by Gasteiger charge is 2.55. The normalized spacial score (nSPS) is 24.4. The van der Waals surface area contributed by atoms with Crippen molar-refractivity contribution in [1.82, 2.24) is 4.98 Å². The summed E-state index contributed by atoms with van der Waals surface area (Å²) < 4.78 is 0. The molecule has 4 nitrogen and oxygen atoms in total. The molecule has 4 rings (SSSR count). The number of carbonyl (C=O) groups is 2. The maximum Gasteiger partial charge on any atom is 0.237 e. The number of hydrogen-bond acceptors (Lipinski definition) is 3. The highest BCUT2D eigenvalue weighted by atomic mass is 16.2. The van der Waals surface area contributed by atoms with E-state index in [-0.39, 0.29) is 11.7 Å². The Bertz CT molecular complexity index is 959. The average molecular weight is 346 g/mol. The van der Waals surface area contributed by atoms with E-state index in [4.69, 9.17) is 0 Å². The van der Waals surface area contributed by atoms with Crippen LogP contribution in [0.25, 0.3) is 11.1 Å². The largest absolute Gasteiger partial charge is 0.314 e. The Morgan fingerprint density at radius 3 is 2.46 bits per heavy atom. The smallest absolute Gasteiger partial charge is 0.237 e. The summed E-state index contributed by atoms with van der Waals surface area (Å²) in [5.74, 6) is 0.110. The van der Waals surface area contributed by atoms with E-state index in [1.807, 2.05) is 64.2 Å². The summed E-state index contributed by atoms with van der Waals surface area (Å²) in [7, 11) is 1.82. The molecule has 1 aromatic carbocycles. The minimum atomic E-state index is -0.744. The summed E-state index contributed by atoms with van der Waals surface area (Å²) >= 11 is 0. The second-order valence-corrected chi connectivity index (χ2v) is 8.09. The Kier molecular flexibility index (Phi) is 3.45. The van der Waals surface area contributed by atoms with Gasteiger partial charge in [-0.1, -0.05) is 38.1 Å². The summed E-state index contributed by atoms with van der Waals surface area (Å²) in [5.41, 5.74) is 2.69. The van der Waals surface area contributed by atoms with Crippen LogP contribution >= 0.6 is 0 Å². The highest BCUT2D eigenvalue weighted by Crippen LogP contribution is 2.58. The maximum absolute atomic E-state index is 13.4. The SMILES string of the molecule is CN1C(=O)C2(C)CC(C)(C)C(=O)C(c3cccnc3)=C2c2ccccc21. The maximum atomic E-state index is 13.4. The number of benzene rings is 1. The molecular formula is C22H22N2O2. The van der Waals surface area contributed by atoms with Gasteiger partial charge in [0.15, 0.2) is 5.78 Å². The molecule has 0 fully saturated rings. The van der Waals surface area contributed by atoms with Gasteiger partial charge in [0.25, 0.3) is 0 Å². The van der Waals surface area contributed by atoms with Gasteiger partial charge in [0.1, 0.15) is 0 Å². The summed E-state index contributed by atoms with van der Waals surface area (Å²) in [5, 5.41) is 0. The van der Waals surface area contributed by atoms with Crippen LogP contribution in [0.1, 0.15) is 38.3 Å². The topological polar surface area (TPSA) is 50.3 Å². The third kappa shape index (κ3) is 2.11. The van der Waals surface area contributed by atoms with Crippen LogP contribution in [0.15, 0.2) is 48.8 Å². The molecule has 2 aliphatic rings. The zero-order valence-electron chi connectivity index (χ0n) is 15.5. The molecule has 4 heteroatoms. The van der Waals surface area contributed by atoms with Gasteiger partial charge in [-0.2, -0.15) is 0 Å². The monoisotopic (exact) mass is 346 g/mol. The van der Waals surface area contributed by atoms with Crippen LogP contribution in [0.2, 0.25) is 0 Å². The van der Waals surface area contributed by atoms with Crippen LogP contribution < -0.4 is 4.90 Å². The molecule has 0 radical (unpaired) electrons. The number of fused-ring (bicyclic) bond motifs is 3. The molecule has 1 aliphatic heterocycles. The first-order valence-corrected chi connectivity index (χ1v) is 8.85. The number of hydrogen-bond donors (Lipinski definition) is 0. The number of para-hydroxylation sites is 1. The molecule has 2 aromatic rings. The van der Waals surface area contributed by atoms with Crippen molar-refractivity contribution in [3.8, 4) is 0 Å². The van der Waals surface area contributed by atoms with E-state index in [1.54, 1.807) is 17.3 Å². The standard InChI is InChI=1S/C22H22N2O2/c1-21(2)13-22(3)18(17(19(21)25)14-8-7-11-23-12-14)15-9-5-6-10-16(15)24(4)20(22)26/h5-12H,13H2,1-4H3. The van der Waals surface area contributed by atoms with E-state index in [2.05, 4.69) is 4.98 Å². The number of nitrogens with zero attached hydrogens (tertiary/aromatic N) is 2. The van der Waals surface area contributed by atoms with Crippen molar-refractivity contribution in [2.24, 2.45) is 10.8 Å². The summed E-state index contributed by atoms with van der Waals surface area (Å²) in [6.07, 6.45) is 3.91. The predicted molar refractivity (Wildman–Crippen MR) is 102 cm³/mol.